The molecule has 0 aromatic heterocycles. The van der Waals surface area contributed by atoms with Crippen LogP contribution in [0.1, 0.15) is 44.9 Å². The fourth-order valence-corrected chi connectivity index (χ4v) is 4.44. The summed E-state index contributed by atoms with van der Waals surface area (Å²) in [6, 6.07) is 2.21. The molecule has 0 radical (unpaired) electrons. The maximum Gasteiger partial charge on any atom is 0.303 e. The summed E-state index contributed by atoms with van der Waals surface area (Å²) in [5.74, 6) is -1.51. The van der Waals surface area contributed by atoms with Gasteiger partial charge in [0.15, 0.2) is 5.82 Å². The number of hydrogen-bond acceptors (Lipinski definition) is 2. The molecule has 1 spiro atoms. The molecule has 2 fully saturated rings. The number of carboxylic acid groups (broad SMARTS) is 1. The Morgan fingerprint density at radius 2 is 1.83 bits per heavy atom. The van der Waals surface area contributed by atoms with E-state index in [0.29, 0.717) is 13.1 Å². The van der Waals surface area contributed by atoms with Crippen molar-refractivity contribution in [1.29, 1.82) is 0 Å². The van der Waals surface area contributed by atoms with Crippen LogP contribution in [-0.2, 0) is 4.79 Å². The van der Waals surface area contributed by atoms with E-state index in [9.17, 15) is 13.6 Å². The highest BCUT2D eigenvalue weighted by molar-refractivity contribution is 6.31. The topological polar surface area (TPSA) is 40.5 Å². The zero-order valence-corrected chi connectivity index (χ0v) is 14.3. The Bertz CT molecular complexity index is 620. The van der Waals surface area contributed by atoms with E-state index >= 15 is 0 Å². The molecular formula is C18H22ClF2NO2. The van der Waals surface area contributed by atoms with Gasteiger partial charge in [0, 0.05) is 25.6 Å². The normalized spacial score (nSPS) is 21.2. The molecule has 1 heterocycles. The molecular weight excluding hydrogens is 336 g/mol. The first-order chi connectivity index (χ1) is 11.4. The number of aliphatic carboxylic acids is 1. The molecule has 1 aromatic rings. The second-order valence-electron chi connectivity index (χ2n) is 7.25. The average Bonchev–Trinajstić information content (AvgIpc) is 2.54. The van der Waals surface area contributed by atoms with Gasteiger partial charge in [-0.3, -0.25) is 4.79 Å². The summed E-state index contributed by atoms with van der Waals surface area (Å²) in [5, 5.41) is 8.73. The van der Waals surface area contributed by atoms with E-state index in [4.69, 9.17) is 16.7 Å². The second-order valence-corrected chi connectivity index (χ2v) is 7.66. The molecule has 1 saturated carbocycles. The molecule has 0 unspecified atom stereocenters. The lowest BCUT2D eigenvalue weighted by Crippen LogP contribution is -2.42. The summed E-state index contributed by atoms with van der Waals surface area (Å²) in [5.41, 5.74) is 0.480. The summed E-state index contributed by atoms with van der Waals surface area (Å²) in [6.07, 6.45) is 6.09. The summed E-state index contributed by atoms with van der Waals surface area (Å²) in [7, 11) is 0. The van der Waals surface area contributed by atoms with Crippen molar-refractivity contribution in [1.82, 2.24) is 0 Å². The third-order valence-corrected chi connectivity index (χ3v) is 6.04. The lowest BCUT2D eigenvalue weighted by atomic mass is 9.65. The minimum absolute atomic E-state index is 0.181. The zero-order chi connectivity index (χ0) is 17.3. The second kappa shape index (κ2) is 6.87. The number of piperidine rings is 1. The van der Waals surface area contributed by atoms with E-state index in [1.54, 1.807) is 0 Å². The van der Waals surface area contributed by atoms with Crippen molar-refractivity contribution < 1.29 is 18.7 Å². The lowest BCUT2D eigenvalue weighted by Gasteiger charge is -2.46. The van der Waals surface area contributed by atoms with Gasteiger partial charge in [-0.2, -0.15) is 0 Å². The van der Waals surface area contributed by atoms with E-state index in [1.165, 1.54) is 6.07 Å². The Balaban J connectivity index is 1.62. The van der Waals surface area contributed by atoms with Gasteiger partial charge in [-0.05, 0) is 55.9 Å². The number of halogens is 3. The highest BCUT2D eigenvalue weighted by Crippen LogP contribution is 2.47. The number of carboxylic acids is 1. The molecule has 0 bridgehead atoms. The Labute approximate surface area is 145 Å². The first kappa shape index (κ1) is 17.5. The van der Waals surface area contributed by atoms with Crippen LogP contribution in [0, 0.1) is 23.0 Å². The Kier molecular flexibility index (Phi) is 5.00. The minimum atomic E-state index is -0.718. The van der Waals surface area contributed by atoms with Crippen molar-refractivity contribution >= 4 is 23.3 Å². The van der Waals surface area contributed by atoms with Gasteiger partial charge < -0.3 is 10.0 Å². The number of anilines is 1. The fourth-order valence-electron chi connectivity index (χ4n) is 4.24. The quantitative estimate of drug-likeness (QED) is 0.784. The number of carbonyl (C=O) groups is 1. The SMILES string of the molecule is O=C(O)CC1CCC2(CC1)CCN(c1cc(F)cc(Cl)c1F)CC2. The maximum absolute atomic E-state index is 14.2. The monoisotopic (exact) mass is 357 g/mol. The largest absolute Gasteiger partial charge is 0.481 e. The van der Waals surface area contributed by atoms with Gasteiger partial charge in [-0.1, -0.05) is 11.6 Å². The maximum atomic E-state index is 14.2. The number of nitrogens with zero attached hydrogens (tertiary/aromatic N) is 1. The predicted molar refractivity (Wildman–Crippen MR) is 89.5 cm³/mol. The van der Waals surface area contributed by atoms with Gasteiger partial charge in [-0.15, -0.1) is 0 Å². The first-order valence-corrected chi connectivity index (χ1v) is 8.88. The lowest BCUT2D eigenvalue weighted by molar-refractivity contribution is -0.138. The molecule has 0 amide bonds. The van der Waals surface area contributed by atoms with Crippen LogP contribution in [0.2, 0.25) is 5.02 Å². The van der Waals surface area contributed by atoms with Crippen molar-refractivity contribution in [3.8, 4) is 0 Å². The standard InChI is InChI=1S/C18H22ClF2NO2/c19-14-10-13(20)11-15(17(14)21)22-7-5-18(6-8-22)3-1-12(2-4-18)9-16(23)24/h10-12H,1-9H2,(H,23,24). The third-order valence-electron chi connectivity index (χ3n) is 5.77. The van der Waals surface area contributed by atoms with Crippen LogP contribution in [0.5, 0.6) is 0 Å². The van der Waals surface area contributed by atoms with E-state index < -0.39 is 17.6 Å². The Morgan fingerprint density at radius 3 is 2.42 bits per heavy atom. The van der Waals surface area contributed by atoms with Gasteiger partial charge >= 0.3 is 5.97 Å². The van der Waals surface area contributed by atoms with Crippen LogP contribution < -0.4 is 4.90 Å². The smallest absolute Gasteiger partial charge is 0.303 e. The van der Waals surface area contributed by atoms with Crippen LogP contribution in [0.4, 0.5) is 14.5 Å². The van der Waals surface area contributed by atoms with Gasteiger partial charge in [0.2, 0.25) is 0 Å². The molecule has 1 saturated heterocycles. The highest BCUT2D eigenvalue weighted by atomic mass is 35.5. The van der Waals surface area contributed by atoms with Crippen LogP contribution in [-0.4, -0.2) is 24.2 Å². The molecule has 0 atom stereocenters. The van der Waals surface area contributed by atoms with Crippen LogP contribution >= 0.6 is 11.6 Å². The summed E-state index contributed by atoms with van der Waals surface area (Å²) < 4.78 is 27.7. The van der Waals surface area contributed by atoms with Crippen molar-refractivity contribution in [2.24, 2.45) is 11.3 Å². The van der Waals surface area contributed by atoms with Gasteiger partial charge in [-0.25, -0.2) is 8.78 Å². The molecule has 3 rings (SSSR count). The summed E-state index contributed by atoms with van der Waals surface area (Å²) in [4.78, 5) is 12.7. The number of rotatable bonds is 3. The summed E-state index contributed by atoms with van der Waals surface area (Å²) in [6.45, 7) is 1.36. The van der Waals surface area contributed by atoms with E-state index in [1.807, 2.05) is 4.90 Å². The molecule has 2 aliphatic rings. The predicted octanol–water partition coefficient (Wildman–Crippen LogP) is 4.87. The highest BCUT2D eigenvalue weighted by Gasteiger charge is 2.38. The van der Waals surface area contributed by atoms with Gasteiger partial charge in [0.05, 0.1) is 10.7 Å². The van der Waals surface area contributed by atoms with Gasteiger partial charge in [0.1, 0.15) is 5.82 Å². The summed E-state index contributed by atoms with van der Waals surface area (Å²) >= 11 is 5.75. The molecule has 1 aromatic carbocycles. The minimum Gasteiger partial charge on any atom is -0.481 e. The Hall–Kier alpha value is -1.36. The molecule has 1 aliphatic carbocycles. The van der Waals surface area contributed by atoms with Crippen molar-refractivity contribution in [2.45, 2.75) is 44.9 Å². The number of hydrogen-bond donors (Lipinski definition) is 1. The molecule has 1 aliphatic heterocycles. The van der Waals surface area contributed by atoms with E-state index in [0.717, 1.165) is 44.6 Å². The molecule has 1 N–H and O–H groups in total. The number of benzene rings is 1. The third kappa shape index (κ3) is 3.66. The zero-order valence-electron chi connectivity index (χ0n) is 13.5. The molecule has 6 heteroatoms. The van der Waals surface area contributed by atoms with E-state index in [-0.39, 0.29) is 28.5 Å². The van der Waals surface area contributed by atoms with Crippen molar-refractivity contribution in [3.05, 3.63) is 28.8 Å². The van der Waals surface area contributed by atoms with Crippen LogP contribution in [0.3, 0.4) is 0 Å². The van der Waals surface area contributed by atoms with E-state index in [2.05, 4.69) is 0 Å². The Morgan fingerprint density at radius 1 is 1.21 bits per heavy atom. The molecule has 24 heavy (non-hydrogen) atoms. The first-order valence-electron chi connectivity index (χ1n) is 8.50. The molecule has 3 nitrogen and oxygen atoms in total. The van der Waals surface area contributed by atoms with Crippen molar-refractivity contribution in [3.63, 3.8) is 0 Å². The van der Waals surface area contributed by atoms with Crippen LogP contribution in [0.25, 0.3) is 0 Å². The molecule has 132 valence electrons. The van der Waals surface area contributed by atoms with Gasteiger partial charge in [0.25, 0.3) is 0 Å². The average molecular weight is 358 g/mol. The van der Waals surface area contributed by atoms with Crippen molar-refractivity contribution in [2.75, 3.05) is 18.0 Å². The van der Waals surface area contributed by atoms with Crippen LogP contribution in [0.15, 0.2) is 12.1 Å². The fraction of sp³-hybridized carbons (Fsp3) is 0.611.